The molecule has 2 nitrogen and oxygen atoms in total. The fourth-order valence-electron chi connectivity index (χ4n) is 6.45. The molecule has 0 amide bonds. The highest BCUT2D eigenvalue weighted by Crippen LogP contribution is 2.70. The molecule has 0 aromatic carbocycles. The molecule has 4 rings (SSSR count). The Morgan fingerprint density at radius 1 is 1.11 bits per heavy atom. The van der Waals surface area contributed by atoms with Crippen LogP contribution in [0.3, 0.4) is 0 Å². The number of hydrogen-bond donors (Lipinski definition) is 0. The lowest BCUT2D eigenvalue weighted by Gasteiger charge is -2.65. The summed E-state index contributed by atoms with van der Waals surface area (Å²) in [6.07, 6.45) is 9.57. The van der Waals surface area contributed by atoms with Gasteiger partial charge in [0, 0.05) is 0 Å². The van der Waals surface area contributed by atoms with Gasteiger partial charge in [-0.1, -0.05) is 20.8 Å². The molecule has 0 N–H and O–H groups in total. The summed E-state index contributed by atoms with van der Waals surface area (Å²) >= 11 is 0. The summed E-state index contributed by atoms with van der Waals surface area (Å²) in [4.78, 5) is 12.1. The maximum Gasteiger partial charge on any atom is 0.306 e. The van der Waals surface area contributed by atoms with Crippen LogP contribution in [-0.2, 0) is 9.53 Å². The van der Waals surface area contributed by atoms with Gasteiger partial charge in [0.25, 0.3) is 0 Å². The van der Waals surface area contributed by atoms with Gasteiger partial charge in [-0.25, -0.2) is 0 Å². The predicted octanol–water partition coefficient (Wildman–Crippen LogP) is 4.33. The molecule has 4 fully saturated rings. The standard InChI is InChI=1S/C17H28O2/c1-4-5-19-14(18)9-17-8-13-6-15(2,11-17)10-16(3,7-13)12-17/h13H,4-12H2,1-3H3. The highest BCUT2D eigenvalue weighted by molar-refractivity contribution is 5.70. The quantitative estimate of drug-likeness (QED) is 0.707. The van der Waals surface area contributed by atoms with Crippen molar-refractivity contribution in [2.45, 2.75) is 72.1 Å². The maximum atomic E-state index is 12.1. The Morgan fingerprint density at radius 3 is 2.26 bits per heavy atom. The lowest BCUT2D eigenvalue weighted by molar-refractivity contribution is -0.168. The Kier molecular flexibility index (Phi) is 3.00. The minimum Gasteiger partial charge on any atom is -0.466 e. The van der Waals surface area contributed by atoms with Crippen LogP contribution in [0.1, 0.15) is 72.1 Å². The average Bonchev–Trinajstić information content (AvgIpc) is 2.20. The molecule has 4 aliphatic carbocycles. The highest BCUT2D eigenvalue weighted by Gasteiger charge is 2.60. The molecule has 4 saturated carbocycles. The van der Waals surface area contributed by atoms with Crippen molar-refractivity contribution in [1.82, 2.24) is 0 Å². The van der Waals surface area contributed by atoms with Crippen molar-refractivity contribution in [1.29, 1.82) is 0 Å². The minimum atomic E-state index is 0.0519. The summed E-state index contributed by atoms with van der Waals surface area (Å²) in [6, 6.07) is 0. The molecular formula is C17H28O2. The Bertz CT molecular complexity index is 369. The topological polar surface area (TPSA) is 26.3 Å². The third-order valence-electron chi connectivity index (χ3n) is 5.73. The number of ether oxygens (including phenoxy) is 1. The second kappa shape index (κ2) is 4.23. The van der Waals surface area contributed by atoms with Crippen LogP contribution in [0.15, 0.2) is 0 Å². The van der Waals surface area contributed by atoms with Gasteiger partial charge < -0.3 is 4.74 Å². The largest absolute Gasteiger partial charge is 0.466 e. The number of rotatable bonds is 4. The lowest BCUT2D eigenvalue weighted by atomic mass is 9.40. The van der Waals surface area contributed by atoms with Gasteiger partial charge in [0.1, 0.15) is 0 Å². The Labute approximate surface area is 117 Å². The van der Waals surface area contributed by atoms with E-state index in [1.54, 1.807) is 0 Å². The molecule has 108 valence electrons. The molecule has 0 heterocycles. The molecule has 0 aromatic heterocycles. The van der Waals surface area contributed by atoms with E-state index in [1.165, 1.54) is 38.5 Å². The Hall–Kier alpha value is -0.530. The molecule has 4 bridgehead atoms. The first-order valence-electron chi connectivity index (χ1n) is 8.02. The Morgan fingerprint density at radius 2 is 1.74 bits per heavy atom. The normalized spacial score (nSPS) is 47.4. The van der Waals surface area contributed by atoms with Gasteiger partial charge in [0.2, 0.25) is 0 Å². The minimum absolute atomic E-state index is 0.0519. The van der Waals surface area contributed by atoms with Gasteiger partial charge in [-0.3, -0.25) is 4.79 Å². The van der Waals surface area contributed by atoms with Crippen LogP contribution < -0.4 is 0 Å². The fraction of sp³-hybridized carbons (Fsp3) is 0.941. The average molecular weight is 264 g/mol. The third kappa shape index (κ3) is 2.43. The van der Waals surface area contributed by atoms with Gasteiger partial charge >= 0.3 is 5.97 Å². The van der Waals surface area contributed by atoms with E-state index in [4.69, 9.17) is 4.74 Å². The first-order chi connectivity index (χ1) is 8.86. The zero-order valence-electron chi connectivity index (χ0n) is 12.8. The maximum absolute atomic E-state index is 12.1. The van der Waals surface area contributed by atoms with Crippen molar-refractivity contribution in [2.24, 2.45) is 22.2 Å². The summed E-state index contributed by atoms with van der Waals surface area (Å²) in [5.74, 6) is 0.918. The summed E-state index contributed by atoms with van der Waals surface area (Å²) in [7, 11) is 0. The van der Waals surface area contributed by atoms with E-state index in [0.29, 0.717) is 23.9 Å². The molecule has 0 radical (unpaired) electrons. The number of hydrogen-bond acceptors (Lipinski definition) is 2. The van der Waals surface area contributed by atoms with Gasteiger partial charge in [-0.15, -0.1) is 0 Å². The van der Waals surface area contributed by atoms with E-state index in [2.05, 4.69) is 20.8 Å². The number of carbonyl (C=O) groups excluding carboxylic acids is 1. The Balaban J connectivity index is 1.75. The molecule has 2 heteroatoms. The summed E-state index contributed by atoms with van der Waals surface area (Å²) in [5.41, 5.74) is 1.27. The lowest BCUT2D eigenvalue weighted by Crippen LogP contribution is -2.55. The van der Waals surface area contributed by atoms with Crippen LogP contribution in [0.5, 0.6) is 0 Å². The molecule has 2 unspecified atom stereocenters. The van der Waals surface area contributed by atoms with E-state index in [1.807, 2.05) is 0 Å². The van der Waals surface area contributed by atoms with Crippen LogP contribution in [-0.4, -0.2) is 12.6 Å². The zero-order valence-corrected chi connectivity index (χ0v) is 12.8. The molecule has 19 heavy (non-hydrogen) atoms. The van der Waals surface area contributed by atoms with Crippen molar-refractivity contribution in [2.75, 3.05) is 6.61 Å². The SMILES string of the molecule is CCCOC(=O)CC12CC3CC(C)(CC(C)(C3)C1)C2. The van der Waals surface area contributed by atoms with Crippen LogP contribution in [0.25, 0.3) is 0 Å². The van der Waals surface area contributed by atoms with Crippen molar-refractivity contribution in [3.63, 3.8) is 0 Å². The van der Waals surface area contributed by atoms with Gasteiger partial charge in [-0.2, -0.15) is 0 Å². The smallest absolute Gasteiger partial charge is 0.306 e. The molecular weight excluding hydrogens is 236 g/mol. The van der Waals surface area contributed by atoms with Gasteiger partial charge in [-0.05, 0) is 67.1 Å². The molecule has 2 atom stereocenters. The fourth-order valence-corrected chi connectivity index (χ4v) is 6.45. The second-order valence-electron chi connectivity index (χ2n) is 8.53. The van der Waals surface area contributed by atoms with Gasteiger partial charge in [0.05, 0.1) is 13.0 Å². The van der Waals surface area contributed by atoms with Crippen LogP contribution in [0, 0.1) is 22.2 Å². The van der Waals surface area contributed by atoms with Crippen LogP contribution >= 0.6 is 0 Å². The highest BCUT2D eigenvalue weighted by atomic mass is 16.5. The monoisotopic (exact) mass is 264 g/mol. The third-order valence-corrected chi connectivity index (χ3v) is 5.73. The van der Waals surface area contributed by atoms with E-state index in [9.17, 15) is 4.79 Å². The van der Waals surface area contributed by atoms with Crippen molar-refractivity contribution < 1.29 is 9.53 Å². The van der Waals surface area contributed by atoms with E-state index < -0.39 is 0 Å². The molecule has 4 aliphatic rings. The first kappa shape index (κ1) is 13.5. The van der Waals surface area contributed by atoms with Crippen molar-refractivity contribution in [3.05, 3.63) is 0 Å². The second-order valence-corrected chi connectivity index (χ2v) is 8.53. The number of esters is 1. The van der Waals surface area contributed by atoms with Crippen LogP contribution in [0.2, 0.25) is 0 Å². The first-order valence-corrected chi connectivity index (χ1v) is 8.02. The van der Waals surface area contributed by atoms with Crippen molar-refractivity contribution in [3.8, 4) is 0 Å². The van der Waals surface area contributed by atoms with E-state index in [0.717, 1.165) is 12.3 Å². The predicted molar refractivity (Wildman–Crippen MR) is 75.7 cm³/mol. The zero-order chi connectivity index (χ0) is 13.7. The van der Waals surface area contributed by atoms with Crippen LogP contribution in [0.4, 0.5) is 0 Å². The molecule has 0 saturated heterocycles. The van der Waals surface area contributed by atoms with E-state index >= 15 is 0 Å². The molecule has 0 aromatic rings. The van der Waals surface area contributed by atoms with Crippen molar-refractivity contribution >= 4 is 5.97 Å². The summed E-state index contributed by atoms with van der Waals surface area (Å²) in [6.45, 7) is 7.57. The van der Waals surface area contributed by atoms with E-state index in [-0.39, 0.29) is 11.4 Å². The summed E-state index contributed by atoms with van der Waals surface area (Å²) in [5, 5.41) is 0. The number of carbonyl (C=O) groups is 1. The molecule has 0 aliphatic heterocycles. The molecule has 0 spiro atoms. The summed E-state index contributed by atoms with van der Waals surface area (Å²) < 4.78 is 5.36. The van der Waals surface area contributed by atoms with Gasteiger partial charge in [0.15, 0.2) is 0 Å².